The molecule has 6 heteroatoms. The summed E-state index contributed by atoms with van der Waals surface area (Å²) in [7, 11) is 0. The molecule has 2 saturated heterocycles. The SMILES string of the molecule is CC1CC(N)CN(CCN2C(=O)CNC2=O)C1. The molecule has 2 aliphatic heterocycles. The lowest BCUT2D eigenvalue weighted by atomic mass is 9.97. The third-order valence-corrected chi connectivity index (χ3v) is 3.34. The van der Waals surface area contributed by atoms with Crippen LogP contribution in [-0.2, 0) is 4.79 Å². The molecule has 0 bridgehead atoms. The molecule has 3 N–H and O–H groups in total. The van der Waals surface area contributed by atoms with Crippen molar-refractivity contribution in [2.24, 2.45) is 11.7 Å². The average molecular weight is 240 g/mol. The normalized spacial score (nSPS) is 30.8. The Morgan fingerprint density at radius 2 is 2.12 bits per heavy atom. The fourth-order valence-corrected chi connectivity index (χ4v) is 2.62. The van der Waals surface area contributed by atoms with Gasteiger partial charge in [-0.1, -0.05) is 6.92 Å². The number of carbonyl (C=O) groups is 2. The van der Waals surface area contributed by atoms with Crippen molar-refractivity contribution in [2.75, 3.05) is 32.7 Å². The number of nitrogens with two attached hydrogens (primary N) is 1. The quantitative estimate of drug-likeness (QED) is 0.634. The van der Waals surface area contributed by atoms with Crippen molar-refractivity contribution in [3.05, 3.63) is 0 Å². The fraction of sp³-hybridized carbons (Fsp3) is 0.818. The summed E-state index contributed by atoms with van der Waals surface area (Å²) < 4.78 is 0. The summed E-state index contributed by atoms with van der Waals surface area (Å²) in [5.41, 5.74) is 5.95. The summed E-state index contributed by atoms with van der Waals surface area (Å²) in [6, 6.07) is -0.0637. The van der Waals surface area contributed by atoms with E-state index in [1.807, 2.05) is 0 Å². The molecular weight excluding hydrogens is 220 g/mol. The first kappa shape index (κ1) is 12.3. The maximum atomic E-state index is 11.4. The zero-order chi connectivity index (χ0) is 12.4. The van der Waals surface area contributed by atoms with Crippen molar-refractivity contribution in [2.45, 2.75) is 19.4 Å². The highest BCUT2D eigenvalue weighted by Crippen LogP contribution is 2.14. The topological polar surface area (TPSA) is 78.7 Å². The summed E-state index contributed by atoms with van der Waals surface area (Å²) in [6.07, 6.45) is 1.06. The zero-order valence-corrected chi connectivity index (χ0v) is 10.2. The van der Waals surface area contributed by atoms with Gasteiger partial charge in [-0.2, -0.15) is 0 Å². The van der Waals surface area contributed by atoms with Crippen LogP contribution in [0.3, 0.4) is 0 Å². The minimum Gasteiger partial charge on any atom is -0.329 e. The molecule has 96 valence electrons. The summed E-state index contributed by atoms with van der Waals surface area (Å²) in [5.74, 6) is 0.450. The Kier molecular flexibility index (Phi) is 3.63. The molecule has 0 saturated carbocycles. The number of amides is 3. The molecule has 0 aliphatic carbocycles. The third-order valence-electron chi connectivity index (χ3n) is 3.34. The number of nitrogens with one attached hydrogen (secondary N) is 1. The van der Waals surface area contributed by atoms with Gasteiger partial charge >= 0.3 is 6.03 Å². The largest absolute Gasteiger partial charge is 0.329 e. The van der Waals surface area contributed by atoms with E-state index in [-0.39, 0.29) is 24.5 Å². The smallest absolute Gasteiger partial charge is 0.324 e. The minimum absolute atomic E-state index is 0.134. The van der Waals surface area contributed by atoms with Gasteiger partial charge in [-0.05, 0) is 12.3 Å². The minimum atomic E-state index is -0.274. The number of piperidine rings is 1. The molecule has 2 atom stereocenters. The molecule has 3 amide bonds. The van der Waals surface area contributed by atoms with Crippen molar-refractivity contribution in [3.63, 3.8) is 0 Å². The number of carbonyl (C=O) groups excluding carboxylic acids is 2. The summed E-state index contributed by atoms with van der Waals surface area (Å²) in [6.45, 7) is 5.35. The number of nitrogens with zero attached hydrogens (tertiary/aromatic N) is 2. The molecule has 2 aliphatic rings. The highest BCUT2D eigenvalue weighted by molar-refractivity contribution is 6.01. The van der Waals surface area contributed by atoms with E-state index >= 15 is 0 Å². The first-order valence-electron chi connectivity index (χ1n) is 6.12. The van der Waals surface area contributed by atoms with Gasteiger partial charge < -0.3 is 11.1 Å². The highest BCUT2D eigenvalue weighted by Gasteiger charge is 2.29. The number of rotatable bonds is 3. The monoisotopic (exact) mass is 240 g/mol. The van der Waals surface area contributed by atoms with Gasteiger partial charge in [0.1, 0.15) is 0 Å². The molecule has 0 radical (unpaired) electrons. The Labute approximate surface area is 101 Å². The molecular formula is C11H20N4O2. The van der Waals surface area contributed by atoms with Crippen LogP contribution in [0.1, 0.15) is 13.3 Å². The molecule has 2 rings (SSSR count). The van der Waals surface area contributed by atoms with Gasteiger partial charge in [-0.3, -0.25) is 14.6 Å². The lowest BCUT2D eigenvalue weighted by molar-refractivity contribution is -0.125. The number of imide groups is 1. The first-order chi connectivity index (χ1) is 8.06. The summed E-state index contributed by atoms with van der Waals surface area (Å²) in [4.78, 5) is 26.2. The molecule has 17 heavy (non-hydrogen) atoms. The van der Waals surface area contributed by atoms with Crippen molar-refractivity contribution in [1.82, 2.24) is 15.1 Å². The first-order valence-corrected chi connectivity index (χ1v) is 6.12. The molecule has 2 fully saturated rings. The Morgan fingerprint density at radius 3 is 2.71 bits per heavy atom. The molecule has 0 aromatic carbocycles. The second-order valence-corrected chi connectivity index (χ2v) is 5.06. The lowest BCUT2D eigenvalue weighted by Crippen LogP contribution is -2.49. The van der Waals surface area contributed by atoms with Crippen LogP contribution >= 0.6 is 0 Å². The van der Waals surface area contributed by atoms with Crippen LogP contribution in [0.15, 0.2) is 0 Å². The van der Waals surface area contributed by atoms with Crippen LogP contribution in [0.2, 0.25) is 0 Å². The van der Waals surface area contributed by atoms with E-state index in [2.05, 4.69) is 17.1 Å². The summed E-state index contributed by atoms with van der Waals surface area (Å²) in [5, 5.41) is 2.52. The second kappa shape index (κ2) is 5.01. The number of hydrogen-bond donors (Lipinski definition) is 2. The van der Waals surface area contributed by atoms with Crippen molar-refractivity contribution in [3.8, 4) is 0 Å². The van der Waals surface area contributed by atoms with E-state index in [0.717, 1.165) is 26.1 Å². The van der Waals surface area contributed by atoms with E-state index in [1.165, 1.54) is 4.90 Å². The van der Waals surface area contributed by atoms with Crippen molar-refractivity contribution < 1.29 is 9.59 Å². The van der Waals surface area contributed by atoms with Crippen LogP contribution in [0.5, 0.6) is 0 Å². The molecule has 6 nitrogen and oxygen atoms in total. The van der Waals surface area contributed by atoms with Gasteiger partial charge in [-0.15, -0.1) is 0 Å². The van der Waals surface area contributed by atoms with Crippen LogP contribution < -0.4 is 11.1 Å². The predicted molar refractivity (Wildman–Crippen MR) is 63.3 cm³/mol. The molecule has 0 spiro atoms. The third kappa shape index (κ3) is 2.95. The standard InChI is InChI=1S/C11H20N4O2/c1-8-4-9(12)7-14(6-8)2-3-15-10(16)5-13-11(15)17/h8-9H,2-7,12H2,1H3,(H,13,17). The van der Waals surface area contributed by atoms with Crippen LogP contribution in [-0.4, -0.2) is 60.5 Å². The highest BCUT2D eigenvalue weighted by atomic mass is 16.2. The van der Waals surface area contributed by atoms with Gasteiger partial charge in [0.2, 0.25) is 5.91 Å². The molecule has 2 unspecified atom stereocenters. The Balaban J connectivity index is 1.81. The van der Waals surface area contributed by atoms with Gasteiger partial charge in [0.05, 0.1) is 6.54 Å². The Morgan fingerprint density at radius 1 is 1.35 bits per heavy atom. The van der Waals surface area contributed by atoms with Gasteiger partial charge in [0.25, 0.3) is 0 Å². The maximum absolute atomic E-state index is 11.4. The van der Waals surface area contributed by atoms with E-state index in [1.54, 1.807) is 0 Å². The summed E-state index contributed by atoms with van der Waals surface area (Å²) >= 11 is 0. The fourth-order valence-electron chi connectivity index (χ4n) is 2.62. The lowest BCUT2D eigenvalue weighted by Gasteiger charge is -2.35. The number of urea groups is 1. The molecule has 0 aromatic rings. The van der Waals surface area contributed by atoms with E-state index in [9.17, 15) is 9.59 Å². The van der Waals surface area contributed by atoms with E-state index in [0.29, 0.717) is 12.5 Å². The Bertz CT molecular complexity index is 295. The van der Waals surface area contributed by atoms with Crippen LogP contribution in [0.25, 0.3) is 0 Å². The predicted octanol–water partition coefficient (Wildman–Crippen LogP) is -0.793. The zero-order valence-electron chi connectivity index (χ0n) is 10.2. The molecule has 0 aromatic heterocycles. The van der Waals surface area contributed by atoms with E-state index in [4.69, 9.17) is 5.73 Å². The second-order valence-electron chi connectivity index (χ2n) is 5.06. The molecule has 2 heterocycles. The van der Waals surface area contributed by atoms with Gasteiger partial charge in [-0.25, -0.2) is 4.79 Å². The maximum Gasteiger partial charge on any atom is 0.324 e. The van der Waals surface area contributed by atoms with Gasteiger partial charge in [0, 0.05) is 32.2 Å². The van der Waals surface area contributed by atoms with Crippen molar-refractivity contribution in [1.29, 1.82) is 0 Å². The van der Waals surface area contributed by atoms with Crippen LogP contribution in [0, 0.1) is 5.92 Å². The average Bonchev–Trinajstić information content (AvgIpc) is 2.55. The number of hydrogen-bond acceptors (Lipinski definition) is 4. The Hall–Kier alpha value is -1.14. The van der Waals surface area contributed by atoms with E-state index < -0.39 is 0 Å². The van der Waals surface area contributed by atoms with Crippen LogP contribution in [0.4, 0.5) is 4.79 Å². The van der Waals surface area contributed by atoms with Gasteiger partial charge in [0.15, 0.2) is 0 Å². The van der Waals surface area contributed by atoms with Crippen molar-refractivity contribution >= 4 is 11.9 Å². The number of likely N-dealkylation sites (tertiary alicyclic amines) is 1.